The minimum Gasteiger partial charge on any atom is -0.478 e. The molecule has 1 saturated carbocycles. The number of carbonyl (C=O) groups is 1. The average Bonchev–Trinajstić information content (AvgIpc) is 3.58. The third-order valence-corrected chi connectivity index (χ3v) is 10.7. The summed E-state index contributed by atoms with van der Waals surface area (Å²) in [5, 5.41) is 9.58. The van der Waals surface area contributed by atoms with Gasteiger partial charge in [0, 0.05) is 11.5 Å². The van der Waals surface area contributed by atoms with Crippen LogP contribution in [0.3, 0.4) is 0 Å². The van der Waals surface area contributed by atoms with Crippen molar-refractivity contribution in [2.24, 2.45) is 5.92 Å². The van der Waals surface area contributed by atoms with Crippen molar-refractivity contribution in [2.75, 3.05) is 15.8 Å². The van der Waals surface area contributed by atoms with Gasteiger partial charge in [-0.15, -0.1) is 0 Å². The zero-order valence-corrected chi connectivity index (χ0v) is 20.1. The molecule has 1 spiro atoms. The lowest BCUT2D eigenvalue weighted by atomic mass is 9.70. The Balaban J connectivity index is 1.69. The molecule has 0 radical (unpaired) electrons. The Labute approximate surface area is 201 Å². The summed E-state index contributed by atoms with van der Waals surface area (Å²) in [6, 6.07) is 8.48. The number of nitrogens with zero attached hydrogens (tertiary/aromatic N) is 1. The standard InChI is InChI=1S/C23H23F2NO7S2/c24-22(25)33-16-2-1-3-17(13-16)35(31,32)26-19-7-6-15(21(27)28)12-18(19)23(20(26)14-4-5-14)8-10-34(29,30)11-9-23/h1-3,6-7,12-14,20,22H,4-5,8-11H2,(H,27,28). The van der Waals surface area contributed by atoms with Crippen LogP contribution in [-0.2, 0) is 25.3 Å². The molecular weight excluding hydrogens is 504 g/mol. The Hall–Kier alpha value is -2.73. The predicted molar refractivity (Wildman–Crippen MR) is 122 cm³/mol. The van der Waals surface area contributed by atoms with Gasteiger partial charge in [-0.2, -0.15) is 8.78 Å². The Kier molecular flexibility index (Phi) is 5.59. The second-order valence-electron chi connectivity index (χ2n) is 9.28. The van der Waals surface area contributed by atoms with Crippen LogP contribution in [0, 0.1) is 5.92 Å². The summed E-state index contributed by atoms with van der Waals surface area (Å²) in [6.45, 7) is -3.12. The van der Waals surface area contributed by atoms with E-state index < -0.39 is 43.9 Å². The monoisotopic (exact) mass is 527 g/mol. The summed E-state index contributed by atoms with van der Waals surface area (Å²) in [6.07, 6.45) is 1.85. The number of sulfonamides is 1. The molecule has 1 unspecified atom stereocenters. The lowest BCUT2D eigenvalue weighted by Crippen LogP contribution is -2.52. The fourth-order valence-corrected chi connectivity index (χ4v) is 8.91. The maximum Gasteiger partial charge on any atom is 0.387 e. The number of carboxylic acids is 1. The number of alkyl halides is 2. The van der Waals surface area contributed by atoms with Gasteiger partial charge in [0.05, 0.1) is 33.7 Å². The lowest BCUT2D eigenvalue weighted by Gasteiger charge is -2.41. The van der Waals surface area contributed by atoms with E-state index in [4.69, 9.17) is 0 Å². The van der Waals surface area contributed by atoms with E-state index in [9.17, 15) is 35.5 Å². The van der Waals surface area contributed by atoms with Gasteiger partial charge in [-0.1, -0.05) is 6.07 Å². The summed E-state index contributed by atoms with van der Waals surface area (Å²) in [7, 11) is -7.59. The first-order valence-electron chi connectivity index (χ1n) is 11.1. The van der Waals surface area contributed by atoms with Gasteiger partial charge in [-0.25, -0.2) is 21.6 Å². The van der Waals surface area contributed by atoms with Gasteiger partial charge >= 0.3 is 12.6 Å². The van der Waals surface area contributed by atoms with E-state index >= 15 is 0 Å². The Bertz CT molecular complexity index is 1390. The van der Waals surface area contributed by atoms with Gasteiger partial charge < -0.3 is 9.84 Å². The van der Waals surface area contributed by atoms with E-state index in [-0.39, 0.29) is 46.5 Å². The van der Waals surface area contributed by atoms with Crippen LogP contribution in [0.25, 0.3) is 0 Å². The number of rotatable bonds is 6. The van der Waals surface area contributed by atoms with Gasteiger partial charge in [0.1, 0.15) is 15.6 Å². The van der Waals surface area contributed by atoms with Gasteiger partial charge in [0.15, 0.2) is 0 Å². The van der Waals surface area contributed by atoms with Crippen LogP contribution in [0.5, 0.6) is 5.75 Å². The highest BCUT2D eigenvalue weighted by Gasteiger charge is 2.60. The number of carboxylic acid groups (broad SMARTS) is 1. The minimum absolute atomic E-state index is 0.0160. The molecule has 5 rings (SSSR count). The fraction of sp³-hybridized carbons (Fsp3) is 0.435. The third-order valence-electron chi connectivity index (χ3n) is 7.21. The molecule has 1 atom stereocenters. The number of halogens is 2. The molecule has 1 N–H and O–H groups in total. The molecular formula is C23H23F2NO7S2. The highest BCUT2D eigenvalue weighted by molar-refractivity contribution is 7.93. The van der Waals surface area contributed by atoms with Crippen molar-refractivity contribution in [1.29, 1.82) is 0 Å². The molecule has 0 amide bonds. The highest BCUT2D eigenvalue weighted by atomic mass is 32.2. The molecule has 35 heavy (non-hydrogen) atoms. The van der Waals surface area contributed by atoms with Crippen LogP contribution in [0.15, 0.2) is 47.4 Å². The van der Waals surface area contributed by atoms with E-state index in [1.54, 1.807) is 0 Å². The highest BCUT2D eigenvalue weighted by Crippen LogP contribution is 2.59. The number of hydrogen-bond donors (Lipinski definition) is 1. The van der Waals surface area contributed by atoms with Crippen LogP contribution in [0.4, 0.5) is 14.5 Å². The molecule has 2 fully saturated rings. The van der Waals surface area contributed by atoms with Gasteiger partial charge in [0.25, 0.3) is 10.0 Å². The number of ether oxygens (including phenoxy) is 1. The van der Waals surface area contributed by atoms with Crippen molar-refractivity contribution >= 4 is 31.5 Å². The topological polar surface area (TPSA) is 118 Å². The number of sulfone groups is 1. The zero-order chi connectivity index (χ0) is 25.2. The molecule has 2 aromatic carbocycles. The summed E-state index contributed by atoms with van der Waals surface area (Å²) in [5.41, 5.74) is -0.0749. The smallest absolute Gasteiger partial charge is 0.387 e. The summed E-state index contributed by atoms with van der Waals surface area (Å²) >= 11 is 0. The summed E-state index contributed by atoms with van der Waals surface area (Å²) < 4.78 is 83.7. The van der Waals surface area contributed by atoms with Crippen molar-refractivity contribution in [3.8, 4) is 5.75 Å². The molecule has 12 heteroatoms. The summed E-state index contributed by atoms with van der Waals surface area (Å²) in [4.78, 5) is 11.5. The molecule has 2 aliphatic heterocycles. The predicted octanol–water partition coefficient (Wildman–Crippen LogP) is 3.42. The lowest BCUT2D eigenvalue weighted by molar-refractivity contribution is -0.0500. The van der Waals surface area contributed by atoms with E-state index in [0.29, 0.717) is 11.3 Å². The van der Waals surface area contributed by atoms with E-state index in [1.165, 1.54) is 40.7 Å². The van der Waals surface area contributed by atoms with Crippen LogP contribution in [0.1, 0.15) is 41.6 Å². The van der Waals surface area contributed by atoms with E-state index in [0.717, 1.165) is 18.9 Å². The molecule has 3 aliphatic rings. The maximum absolute atomic E-state index is 14.0. The van der Waals surface area contributed by atoms with Crippen molar-refractivity contribution < 1.29 is 40.3 Å². The molecule has 2 heterocycles. The maximum atomic E-state index is 14.0. The van der Waals surface area contributed by atoms with Crippen LogP contribution in [0.2, 0.25) is 0 Å². The van der Waals surface area contributed by atoms with E-state index in [2.05, 4.69) is 4.74 Å². The molecule has 1 aliphatic carbocycles. The molecule has 0 bridgehead atoms. The number of fused-ring (bicyclic) bond motifs is 2. The van der Waals surface area contributed by atoms with Crippen LogP contribution < -0.4 is 9.04 Å². The zero-order valence-electron chi connectivity index (χ0n) is 18.4. The van der Waals surface area contributed by atoms with Crippen molar-refractivity contribution in [2.45, 2.75) is 48.6 Å². The molecule has 8 nitrogen and oxygen atoms in total. The second-order valence-corrected chi connectivity index (χ2v) is 13.4. The number of hydrogen-bond acceptors (Lipinski definition) is 6. The fourth-order valence-electron chi connectivity index (χ4n) is 5.52. The Morgan fingerprint density at radius 1 is 1.11 bits per heavy atom. The van der Waals surface area contributed by atoms with Gasteiger partial charge in [-0.3, -0.25) is 4.31 Å². The van der Waals surface area contributed by atoms with Crippen LogP contribution >= 0.6 is 0 Å². The summed E-state index contributed by atoms with van der Waals surface area (Å²) in [5.74, 6) is -1.76. The van der Waals surface area contributed by atoms with Crippen molar-refractivity contribution in [1.82, 2.24) is 0 Å². The van der Waals surface area contributed by atoms with Gasteiger partial charge in [0.2, 0.25) is 0 Å². The van der Waals surface area contributed by atoms with Crippen LogP contribution in [-0.4, -0.2) is 52.1 Å². The largest absolute Gasteiger partial charge is 0.478 e. The second kappa shape index (κ2) is 8.16. The first kappa shape index (κ1) is 24.0. The number of anilines is 1. The minimum atomic E-state index is -4.29. The first-order valence-corrected chi connectivity index (χ1v) is 14.4. The number of benzene rings is 2. The number of aromatic carboxylic acids is 1. The SMILES string of the molecule is O=C(O)c1ccc2c(c1)C1(CCS(=O)(=O)CC1)C(C1CC1)N2S(=O)(=O)c1cccc(OC(F)F)c1. The molecule has 188 valence electrons. The van der Waals surface area contributed by atoms with Crippen molar-refractivity contribution in [3.05, 3.63) is 53.6 Å². The molecule has 1 saturated heterocycles. The molecule has 0 aromatic heterocycles. The van der Waals surface area contributed by atoms with Gasteiger partial charge in [-0.05, 0) is 67.5 Å². The first-order chi connectivity index (χ1) is 16.4. The third kappa shape index (κ3) is 4.06. The Morgan fingerprint density at radius 2 is 1.80 bits per heavy atom. The van der Waals surface area contributed by atoms with Crippen molar-refractivity contribution in [3.63, 3.8) is 0 Å². The molecule has 2 aromatic rings. The quantitative estimate of drug-likeness (QED) is 0.612. The Morgan fingerprint density at radius 3 is 2.40 bits per heavy atom. The average molecular weight is 528 g/mol. The normalized spacial score (nSPS) is 22.8. The van der Waals surface area contributed by atoms with E-state index in [1.807, 2.05) is 0 Å².